The quantitative estimate of drug-likeness (QED) is 0.614. The maximum atomic E-state index is 11.3. The first-order valence-electron chi connectivity index (χ1n) is 4.16. The third kappa shape index (κ3) is 2.82. The van der Waals surface area contributed by atoms with Crippen LogP contribution in [0.1, 0.15) is 6.92 Å². The van der Waals surface area contributed by atoms with Crippen molar-refractivity contribution in [2.24, 2.45) is 5.84 Å². The summed E-state index contributed by atoms with van der Waals surface area (Å²) in [6, 6.07) is 4.13. The Kier molecular flexibility index (Phi) is 3.92. The van der Waals surface area contributed by atoms with Crippen molar-refractivity contribution in [2.45, 2.75) is 11.8 Å². The number of nitrogens with two attached hydrogens (primary N) is 1. The highest BCUT2D eigenvalue weighted by molar-refractivity contribution is 7.89. The zero-order valence-electron chi connectivity index (χ0n) is 8.03. The summed E-state index contributed by atoms with van der Waals surface area (Å²) in [5.74, 6) is 5.31. The Morgan fingerprint density at radius 1 is 1.53 bits per heavy atom. The lowest BCUT2D eigenvalue weighted by Gasteiger charge is -2.07. The van der Waals surface area contributed by atoms with Gasteiger partial charge in [0, 0.05) is 0 Å². The van der Waals surface area contributed by atoms with Crippen molar-refractivity contribution < 1.29 is 13.2 Å². The van der Waals surface area contributed by atoms with Gasteiger partial charge in [0.15, 0.2) is 0 Å². The van der Waals surface area contributed by atoms with E-state index < -0.39 is 10.0 Å². The number of ether oxygens (including phenoxy) is 1. The molecule has 3 N–H and O–H groups in total. The van der Waals surface area contributed by atoms with Gasteiger partial charge in [-0.05, 0) is 25.1 Å². The number of hydrazine groups is 1. The molecule has 15 heavy (non-hydrogen) atoms. The summed E-state index contributed by atoms with van der Waals surface area (Å²) < 4.78 is 27.7. The summed E-state index contributed by atoms with van der Waals surface area (Å²) in [5.41, 5.74) is 0. The molecule has 0 saturated heterocycles. The van der Waals surface area contributed by atoms with Crippen molar-refractivity contribution in [3.05, 3.63) is 23.2 Å². The second kappa shape index (κ2) is 4.80. The van der Waals surface area contributed by atoms with Gasteiger partial charge in [-0.15, -0.1) is 0 Å². The van der Waals surface area contributed by atoms with Crippen LogP contribution < -0.4 is 15.4 Å². The summed E-state index contributed by atoms with van der Waals surface area (Å²) in [7, 11) is -3.66. The predicted octanol–water partition coefficient (Wildman–Crippen LogP) is 0.891. The second-order valence-corrected chi connectivity index (χ2v) is 4.77. The third-order valence-electron chi connectivity index (χ3n) is 1.67. The summed E-state index contributed by atoms with van der Waals surface area (Å²) in [5, 5.41) is 0.230. The maximum Gasteiger partial charge on any atom is 0.253 e. The van der Waals surface area contributed by atoms with Crippen LogP contribution >= 0.6 is 11.6 Å². The molecule has 5 nitrogen and oxygen atoms in total. The van der Waals surface area contributed by atoms with Crippen molar-refractivity contribution >= 4 is 21.6 Å². The SMILES string of the molecule is CCOc1ccc(S(=O)(=O)NN)cc1Cl. The van der Waals surface area contributed by atoms with E-state index in [0.717, 1.165) is 0 Å². The van der Waals surface area contributed by atoms with Crippen LogP contribution in [-0.2, 0) is 10.0 Å². The molecule has 0 saturated carbocycles. The lowest BCUT2D eigenvalue weighted by atomic mass is 10.3. The van der Waals surface area contributed by atoms with Crippen molar-refractivity contribution in [3.63, 3.8) is 0 Å². The zero-order valence-corrected chi connectivity index (χ0v) is 9.60. The van der Waals surface area contributed by atoms with E-state index in [0.29, 0.717) is 12.4 Å². The van der Waals surface area contributed by atoms with Crippen LogP contribution in [-0.4, -0.2) is 15.0 Å². The molecule has 7 heteroatoms. The number of halogens is 1. The van der Waals surface area contributed by atoms with E-state index in [4.69, 9.17) is 22.2 Å². The van der Waals surface area contributed by atoms with Crippen LogP contribution in [0, 0.1) is 0 Å². The van der Waals surface area contributed by atoms with E-state index in [1.165, 1.54) is 18.2 Å². The Balaban J connectivity index is 3.12. The number of sulfonamides is 1. The smallest absolute Gasteiger partial charge is 0.253 e. The fraction of sp³-hybridized carbons (Fsp3) is 0.250. The lowest BCUT2D eigenvalue weighted by Crippen LogP contribution is -2.30. The molecule has 0 heterocycles. The number of hydrogen-bond acceptors (Lipinski definition) is 4. The number of benzene rings is 1. The standard InChI is InChI=1S/C8H11ClN2O3S/c1-2-14-8-4-3-6(5-7(8)9)15(12,13)11-10/h3-5,11H,2,10H2,1H3. The first-order chi connectivity index (χ1) is 7.01. The summed E-state index contributed by atoms with van der Waals surface area (Å²) >= 11 is 5.81. The fourth-order valence-electron chi connectivity index (χ4n) is 0.989. The first-order valence-corrected chi connectivity index (χ1v) is 6.02. The summed E-state index contributed by atoms with van der Waals surface area (Å²) in [4.78, 5) is 1.71. The summed E-state index contributed by atoms with van der Waals surface area (Å²) in [6.45, 7) is 2.27. The van der Waals surface area contributed by atoms with Crippen LogP contribution in [0.25, 0.3) is 0 Å². The molecule has 0 spiro atoms. The largest absolute Gasteiger partial charge is 0.492 e. The Bertz CT molecular complexity index is 447. The van der Waals surface area contributed by atoms with E-state index in [9.17, 15) is 8.42 Å². The minimum atomic E-state index is -3.66. The van der Waals surface area contributed by atoms with E-state index in [1.54, 1.807) is 4.83 Å². The van der Waals surface area contributed by atoms with Crippen molar-refractivity contribution in [1.29, 1.82) is 0 Å². The molecule has 84 valence electrons. The number of rotatable bonds is 4. The normalized spacial score (nSPS) is 11.4. The van der Waals surface area contributed by atoms with E-state index in [-0.39, 0.29) is 9.92 Å². The number of hydrogen-bond donors (Lipinski definition) is 2. The summed E-state index contributed by atoms with van der Waals surface area (Å²) in [6.07, 6.45) is 0. The Morgan fingerprint density at radius 2 is 2.20 bits per heavy atom. The monoisotopic (exact) mass is 250 g/mol. The average molecular weight is 251 g/mol. The topological polar surface area (TPSA) is 81.4 Å². The second-order valence-electron chi connectivity index (χ2n) is 2.65. The molecule has 0 bridgehead atoms. The third-order valence-corrected chi connectivity index (χ3v) is 3.15. The molecule has 0 fully saturated rings. The molecule has 0 aliphatic heterocycles. The van der Waals surface area contributed by atoms with Gasteiger partial charge in [-0.2, -0.15) is 4.83 Å². The van der Waals surface area contributed by atoms with Crippen molar-refractivity contribution in [1.82, 2.24) is 4.83 Å². The fourth-order valence-corrected chi connectivity index (χ4v) is 1.95. The Morgan fingerprint density at radius 3 is 2.67 bits per heavy atom. The Hall–Kier alpha value is -0.820. The molecule has 0 aliphatic rings. The van der Waals surface area contributed by atoms with Gasteiger partial charge < -0.3 is 4.74 Å². The van der Waals surface area contributed by atoms with Gasteiger partial charge in [0.05, 0.1) is 16.5 Å². The number of nitrogens with one attached hydrogen (secondary N) is 1. The van der Waals surface area contributed by atoms with Gasteiger partial charge >= 0.3 is 0 Å². The van der Waals surface area contributed by atoms with Crippen LogP contribution in [0.2, 0.25) is 5.02 Å². The van der Waals surface area contributed by atoms with Crippen LogP contribution in [0.15, 0.2) is 23.1 Å². The van der Waals surface area contributed by atoms with E-state index in [1.807, 2.05) is 6.92 Å². The maximum absolute atomic E-state index is 11.3. The molecule has 0 aromatic heterocycles. The molecule has 0 amide bonds. The Labute approximate surface area is 93.2 Å². The van der Waals surface area contributed by atoms with Crippen LogP contribution in [0.5, 0.6) is 5.75 Å². The van der Waals surface area contributed by atoms with Gasteiger partial charge in [0.1, 0.15) is 5.75 Å². The highest BCUT2D eigenvalue weighted by atomic mass is 35.5. The molecular weight excluding hydrogens is 240 g/mol. The van der Waals surface area contributed by atoms with Crippen molar-refractivity contribution in [2.75, 3.05) is 6.61 Å². The molecule has 0 radical (unpaired) electrons. The zero-order chi connectivity index (χ0) is 11.5. The van der Waals surface area contributed by atoms with E-state index in [2.05, 4.69) is 0 Å². The van der Waals surface area contributed by atoms with Crippen molar-refractivity contribution in [3.8, 4) is 5.75 Å². The molecule has 0 unspecified atom stereocenters. The minimum absolute atomic E-state index is 0.00143. The van der Waals surface area contributed by atoms with Gasteiger partial charge in [0.2, 0.25) is 0 Å². The molecular formula is C8H11ClN2O3S. The van der Waals surface area contributed by atoms with Gasteiger partial charge in [-0.25, -0.2) is 8.42 Å². The van der Waals surface area contributed by atoms with E-state index >= 15 is 0 Å². The lowest BCUT2D eigenvalue weighted by molar-refractivity contribution is 0.340. The van der Waals surface area contributed by atoms with Gasteiger partial charge in [0.25, 0.3) is 10.0 Å². The first kappa shape index (κ1) is 12.3. The molecule has 1 rings (SSSR count). The molecule has 0 aliphatic carbocycles. The average Bonchev–Trinajstić information content (AvgIpc) is 2.21. The van der Waals surface area contributed by atoms with Gasteiger partial charge in [-0.1, -0.05) is 11.6 Å². The van der Waals surface area contributed by atoms with Gasteiger partial charge in [-0.3, -0.25) is 5.84 Å². The highest BCUT2D eigenvalue weighted by Crippen LogP contribution is 2.26. The molecule has 1 aromatic rings. The highest BCUT2D eigenvalue weighted by Gasteiger charge is 2.13. The van der Waals surface area contributed by atoms with Crippen LogP contribution in [0.3, 0.4) is 0 Å². The molecule has 1 aromatic carbocycles. The minimum Gasteiger partial charge on any atom is -0.492 e. The predicted molar refractivity (Wildman–Crippen MR) is 57.1 cm³/mol. The molecule has 0 atom stereocenters. The van der Waals surface area contributed by atoms with Crippen LogP contribution in [0.4, 0.5) is 0 Å².